The van der Waals surface area contributed by atoms with Gasteiger partial charge in [0, 0.05) is 43.4 Å². The molecule has 0 aliphatic carbocycles. The first-order valence-electron chi connectivity index (χ1n) is 29.2. The van der Waals surface area contributed by atoms with Gasteiger partial charge in [0.2, 0.25) is 11.8 Å². The monoisotopic (exact) mass is 1310 g/mol. The summed E-state index contributed by atoms with van der Waals surface area (Å²) in [4.78, 5) is 76.0. The maximum atomic E-state index is 12.2. The van der Waals surface area contributed by atoms with E-state index in [1.807, 2.05) is 193 Å². The van der Waals surface area contributed by atoms with Crippen molar-refractivity contribution in [3.63, 3.8) is 0 Å². The summed E-state index contributed by atoms with van der Waals surface area (Å²) in [6.45, 7) is 9.48. The van der Waals surface area contributed by atoms with E-state index < -0.39 is 0 Å². The number of para-hydroxylation sites is 8. The lowest BCUT2D eigenvalue weighted by Crippen LogP contribution is -2.30. The van der Waals surface area contributed by atoms with Crippen LogP contribution in [-0.2, 0) is 48.3 Å². The normalized spacial score (nSPS) is 10.5. The van der Waals surface area contributed by atoms with E-state index in [2.05, 4.69) is 72.0 Å². The molecule has 8 aromatic carbocycles. The SMILES string of the molecule is CN.COC(=O)CCBr.COC(=O)CCn1c(C)nc2ccccc21.Cc1nc2ccccc2[nH]1.Cc1nc2ccccc2n1CCC(=O)N/N=C/c1c(O)ccc2ccccc12.Cc1nc2ccccc2n1CCC(=O)NN.O=Cc1c(O)ccc2ccccc12. The molecule has 0 fully saturated rings. The van der Waals surface area contributed by atoms with E-state index in [1.54, 1.807) is 12.1 Å². The summed E-state index contributed by atoms with van der Waals surface area (Å²) >= 11 is 3.09. The maximum absolute atomic E-state index is 12.2. The molecular formula is C69H76BrN13O9. The molecule has 9 N–H and O–H groups in total. The van der Waals surface area contributed by atoms with Gasteiger partial charge in [-0.15, -0.1) is 0 Å². The van der Waals surface area contributed by atoms with Crippen LogP contribution in [0.3, 0.4) is 0 Å². The highest BCUT2D eigenvalue weighted by Crippen LogP contribution is 2.27. The second kappa shape index (κ2) is 36.1. The minimum absolute atomic E-state index is 0.0358. The lowest BCUT2D eigenvalue weighted by molar-refractivity contribution is -0.141. The summed E-state index contributed by atoms with van der Waals surface area (Å²) in [5.74, 6) is 8.14. The first-order valence-corrected chi connectivity index (χ1v) is 30.3. The van der Waals surface area contributed by atoms with Crippen LogP contribution in [0.25, 0.3) is 65.7 Å². The van der Waals surface area contributed by atoms with Crippen LogP contribution < -0.4 is 22.4 Å². The summed E-state index contributed by atoms with van der Waals surface area (Å²) in [5, 5.41) is 27.8. The van der Waals surface area contributed by atoms with Gasteiger partial charge in [-0.25, -0.2) is 31.2 Å². The molecule has 0 bridgehead atoms. The predicted octanol–water partition coefficient (Wildman–Crippen LogP) is 11.1. The highest BCUT2D eigenvalue weighted by molar-refractivity contribution is 9.09. The standard InChI is InChI=1S/C22H20N4O2.C12H14N2O2.C11H14N4O.C11H8O2.C8H8N2.C4H7BrO2.CH5N/c1-15-24-19-8-4-5-9-20(19)26(15)13-12-22(28)25-23-14-18-17-7-3-2-6-16(17)10-11-21(18)27;1-9-13-10-5-3-4-6-11(10)14(9)8-7-12(15)16-2;1-8-13-9-4-2-3-5-10(9)15(8)7-6-11(16)14-12;12-7-10-9-4-2-1-3-8(9)5-6-11(10)13;1-6-9-7-4-2-3-5-8(7)10-6;1-7-4(6)2-3-5;1-2/h2-11,14,27H,12-13H2,1H3,(H,25,28);3-6H,7-8H2,1-2H3;2-5H,6-7,12H2,1H3,(H,14,16);1-7,13H;2-5H,1H3,(H,9,10);2-3H2,1H3;2H2,1H3/b23-14+;;;;;;. The number of aromatic amines is 1. The number of nitrogens with zero attached hydrogens (tertiary/aromatic N) is 8. The smallest absolute Gasteiger partial charge is 0.307 e. The Balaban J connectivity index is 0.000000184. The number of alkyl halides is 1. The fourth-order valence-corrected chi connectivity index (χ4v) is 9.87. The van der Waals surface area contributed by atoms with E-state index in [0.29, 0.717) is 61.6 Å². The molecule has 0 spiro atoms. The molecule has 92 heavy (non-hydrogen) atoms. The average molecular weight is 1310 g/mol. The molecule has 0 unspecified atom stereocenters. The summed E-state index contributed by atoms with van der Waals surface area (Å²) in [6, 6.07) is 53.6. The third kappa shape index (κ3) is 19.7. The number of aldehydes is 1. The van der Waals surface area contributed by atoms with Crippen LogP contribution in [0.2, 0.25) is 0 Å². The summed E-state index contributed by atoms with van der Waals surface area (Å²) in [5.41, 5.74) is 18.2. The van der Waals surface area contributed by atoms with Gasteiger partial charge >= 0.3 is 11.9 Å². The fourth-order valence-electron chi connectivity index (χ4n) is 9.55. The van der Waals surface area contributed by atoms with Crippen molar-refractivity contribution >= 4 is 118 Å². The zero-order chi connectivity index (χ0) is 66.5. The lowest BCUT2D eigenvalue weighted by atomic mass is 10.0. The minimum Gasteiger partial charge on any atom is -0.507 e. The molecule has 12 rings (SSSR count). The first kappa shape index (κ1) is 70.5. The second-order valence-electron chi connectivity index (χ2n) is 20.0. The van der Waals surface area contributed by atoms with Crippen LogP contribution in [0.4, 0.5) is 0 Å². The number of methoxy groups -OCH3 is 2. The number of ether oxygens (including phenoxy) is 2. The Morgan fingerprint density at radius 2 is 0.935 bits per heavy atom. The Morgan fingerprint density at radius 3 is 1.38 bits per heavy atom. The van der Waals surface area contributed by atoms with Crippen LogP contribution in [-0.4, -0.2) is 112 Å². The molecule has 0 saturated carbocycles. The van der Waals surface area contributed by atoms with E-state index in [1.165, 1.54) is 33.5 Å². The Hall–Kier alpha value is -10.6. The number of amides is 2. The number of phenolic OH excluding ortho intramolecular Hbond substituents is 2. The van der Waals surface area contributed by atoms with Crippen molar-refractivity contribution in [1.29, 1.82) is 0 Å². The number of phenols is 2. The van der Waals surface area contributed by atoms with Crippen molar-refractivity contribution in [1.82, 2.24) is 49.5 Å². The topological polar surface area (TPSA) is 315 Å². The molecule has 0 radical (unpaired) electrons. The number of hydrogen-bond donors (Lipinski definition) is 7. The second-order valence-corrected chi connectivity index (χ2v) is 20.8. The molecule has 4 aromatic heterocycles. The number of aromatic hydroxyl groups is 2. The van der Waals surface area contributed by atoms with Gasteiger partial charge in [-0.3, -0.25) is 29.4 Å². The molecule has 22 nitrogen and oxygen atoms in total. The maximum Gasteiger partial charge on any atom is 0.307 e. The van der Waals surface area contributed by atoms with Crippen LogP contribution in [0, 0.1) is 27.7 Å². The molecular weight excluding hydrogens is 1230 g/mol. The summed E-state index contributed by atoms with van der Waals surface area (Å²) in [6.07, 6.45) is 3.62. The van der Waals surface area contributed by atoms with Crippen LogP contribution >= 0.6 is 15.9 Å². The zero-order valence-corrected chi connectivity index (χ0v) is 53.9. The number of halogens is 1. The number of hydrazine groups is 1. The first-order chi connectivity index (χ1) is 44.6. The molecule has 23 heteroatoms. The molecule has 478 valence electrons. The molecule has 0 aliphatic heterocycles. The number of carbonyl (C=O) groups excluding carboxylic acids is 5. The van der Waals surface area contributed by atoms with E-state index in [0.717, 1.165) is 89.0 Å². The molecule has 2 amide bonds. The number of aromatic nitrogens is 8. The number of esters is 2. The number of H-pyrrole nitrogens is 1. The quantitative estimate of drug-likeness (QED) is 0.0101. The van der Waals surface area contributed by atoms with Gasteiger partial charge in [0.15, 0.2) is 6.29 Å². The summed E-state index contributed by atoms with van der Waals surface area (Å²) in [7, 11) is 4.28. The predicted molar refractivity (Wildman–Crippen MR) is 365 cm³/mol. The van der Waals surface area contributed by atoms with Crippen LogP contribution in [0.5, 0.6) is 11.5 Å². The number of fused-ring (bicyclic) bond motifs is 6. The average Bonchev–Trinajstić information content (AvgIpc) is 1.36. The Bertz CT molecular complexity index is 4310. The number of rotatable bonds is 14. The Labute approximate surface area is 540 Å². The number of hydrogen-bond acceptors (Lipinski definition) is 16. The van der Waals surface area contributed by atoms with Crippen molar-refractivity contribution in [2.45, 2.75) is 73.0 Å². The van der Waals surface area contributed by atoms with Crippen molar-refractivity contribution in [2.75, 3.05) is 26.6 Å². The van der Waals surface area contributed by atoms with E-state index in [4.69, 9.17) is 5.84 Å². The van der Waals surface area contributed by atoms with Crippen molar-refractivity contribution in [3.05, 3.63) is 204 Å². The van der Waals surface area contributed by atoms with Gasteiger partial charge < -0.3 is 44.1 Å². The van der Waals surface area contributed by atoms with Crippen molar-refractivity contribution in [3.8, 4) is 11.5 Å². The molecule has 12 aromatic rings. The number of benzene rings is 8. The number of hydrazone groups is 1. The van der Waals surface area contributed by atoms with Gasteiger partial charge in [-0.05, 0) is 117 Å². The lowest BCUT2D eigenvalue weighted by Gasteiger charge is -2.06. The van der Waals surface area contributed by atoms with Crippen LogP contribution in [0.1, 0.15) is 64.9 Å². The van der Waals surface area contributed by atoms with Gasteiger partial charge in [-0.1, -0.05) is 125 Å². The summed E-state index contributed by atoms with van der Waals surface area (Å²) < 4.78 is 15.0. The van der Waals surface area contributed by atoms with E-state index in [-0.39, 0.29) is 41.7 Å². The van der Waals surface area contributed by atoms with E-state index in [9.17, 15) is 34.2 Å². The van der Waals surface area contributed by atoms with Crippen LogP contribution in [0.15, 0.2) is 175 Å². The fraction of sp³-hybridized carbons (Fsp3) is 0.217. The van der Waals surface area contributed by atoms with Crippen molar-refractivity contribution in [2.24, 2.45) is 16.7 Å². The number of nitrogens with one attached hydrogen (secondary N) is 3. The van der Waals surface area contributed by atoms with Crippen molar-refractivity contribution < 1.29 is 43.7 Å². The Kier molecular flexibility index (Phi) is 27.7. The number of nitrogens with two attached hydrogens (primary N) is 2. The highest BCUT2D eigenvalue weighted by atomic mass is 79.9. The largest absolute Gasteiger partial charge is 0.507 e. The Morgan fingerprint density at radius 1 is 0.533 bits per heavy atom. The van der Waals surface area contributed by atoms with Gasteiger partial charge in [0.25, 0.3) is 0 Å². The van der Waals surface area contributed by atoms with Gasteiger partial charge in [0.1, 0.15) is 34.8 Å². The third-order valence-corrected chi connectivity index (χ3v) is 14.4. The molecule has 0 atom stereocenters. The zero-order valence-electron chi connectivity index (χ0n) is 52.3. The molecule has 4 heterocycles. The molecule has 0 aliphatic rings. The number of aryl methyl sites for hydroxylation is 7. The highest BCUT2D eigenvalue weighted by Gasteiger charge is 2.12. The third-order valence-electron chi connectivity index (χ3n) is 14.0. The van der Waals surface area contributed by atoms with Gasteiger partial charge in [0.05, 0.1) is 83.0 Å². The number of imidazole rings is 4. The molecule has 0 saturated heterocycles. The minimum atomic E-state index is -0.201. The van der Waals surface area contributed by atoms with Gasteiger partial charge in [-0.2, -0.15) is 5.10 Å². The van der Waals surface area contributed by atoms with E-state index >= 15 is 0 Å². The number of carbonyl (C=O) groups is 5.